The number of likely N-dealkylation sites (tertiary alicyclic amines) is 1. The SMILES string of the molecule is CCOC(=O)c1c(N)c(C(=O)C2CCN(C(=O)OC(C)(C)C)CC2)nn1-c1ccc(Oc2ccccc2)cc1. The molecule has 0 unspecified atom stereocenters. The number of hydrogen-bond donors (Lipinski definition) is 1. The number of anilines is 1. The van der Waals surface area contributed by atoms with Crippen LogP contribution in [0.3, 0.4) is 0 Å². The molecule has 0 saturated carbocycles. The van der Waals surface area contributed by atoms with E-state index in [0.29, 0.717) is 43.1 Å². The van der Waals surface area contributed by atoms with Crippen molar-refractivity contribution in [1.82, 2.24) is 14.7 Å². The summed E-state index contributed by atoms with van der Waals surface area (Å²) in [5.74, 6) is -0.0659. The summed E-state index contributed by atoms with van der Waals surface area (Å²) >= 11 is 0. The first-order chi connectivity index (χ1) is 18.6. The molecule has 1 amide bonds. The van der Waals surface area contributed by atoms with Crippen LogP contribution in [0.2, 0.25) is 0 Å². The Morgan fingerprint density at radius 2 is 1.59 bits per heavy atom. The number of esters is 1. The molecule has 10 heteroatoms. The van der Waals surface area contributed by atoms with Gasteiger partial charge >= 0.3 is 12.1 Å². The molecule has 0 atom stereocenters. The lowest BCUT2D eigenvalue weighted by molar-refractivity contribution is 0.0182. The Hall–Kier alpha value is -4.34. The number of nitrogen functional groups attached to an aromatic ring is 1. The van der Waals surface area contributed by atoms with Crippen LogP contribution in [0.15, 0.2) is 54.6 Å². The molecular formula is C29H34N4O6. The fraction of sp³-hybridized carbons (Fsp3) is 0.379. The highest BCUT2D eigenvalue weighted by atomic mass is 16.6. The predicted molar refractivity (Wildman–Crippen MR) is 145 cm³/mol. The topological polar surface area (TPSA) is 126 Å². The largest absolute Gasteiger partial charge is 0.461 e. The number of piperidine rings is 1. The van der Waals surface area contributed by atoms with E-state index in [1.165, 1.54) is 4.68 Å². The number of rotatable bonds is 7. The van der Waals surface area contributed by atoms with E-state index in [2.05, 4.69) is 5.10 Å². The van der Waals surface area contributed by atoms with E-state index in [9.17, 15) is 14.4 Å². The van der Waals surface area contributed by atoms with Crippen molar-refractivity contribution in [3.05, 3.63) is 66.0 Å². The summed E-state index contributed by atoms with van der Waals surface area (Å²) in [5, 5.41) is 4.47. The molecule has 0 spiro atoms. The lowest BCUT2D eigenvalue weighted by atomic mass is 9.90. The molecule has 2 heterocycles. The van der Waals surface area contributed by atoms with Gasteiger partial charge in [-0.2, -0.15) is 5.10 Å². The Bertz CT molecular complexity index is 1320. The van der Waals surface area contributed by atoms with Crippen molar-refractivity contribution >= 4 is 23.5 Å². The first-order valence-electron chi connectivity index (χ1n) is 13.0. The van der Waals surface area contributed by atoms with Crippen LogP contribution in [0.5, 0.6) is 11.5 Å². The Labute approximate surface area is 227 Å². The monoisotopic (exact) mass is 534 g/mol. The van der Waals surface area contributed by atoms with Crippen molar-refractivity contribution < 1.29 is 28.6 Å². The van der Waals surface area contributed by atoms with Gasteiger partial charge in [-0.05, 0) is 76.9 Å². The van der Waals surface area contributed by atoms with Gasteiger partial charge in [0.15, 0.2) is 17.2 Å². The number of aromatic nitrogens is 2. The molecule has 3 aromatic rings. The summed E-state index contributed by atoms with van der Waals surface area (Å²) < 4.78 is 17.8. The first kappa shape index (κ1) is 27.7. The average Bonchev–Trinajstić information content (AvgIpc) is 3.25. The van der Waals surface area contributed by atoms with Crippen LogP contribution in [0, 0.1) is 5.92 Å². The van der Waals surface area contributed by atoms with E-state index in [4.69, 9.17) is 19.9 Å². The van der Waals surface area contributed by atoms with Crippen molar-refractivity contribution in [2.45, 2.75) is 46.1 Å². The van der Waals surface area contributed by atoms with E-state index in [-0.39, 0.29) is 29.5 Å². The highest BCUT2D eigenvalue weighted by molar-refractivity contribution is 6.06. The number of carbonyl (C=O) groups excluding carboxylic acids is 3. The Morgan fingerprint density at radius 1 is 0.974 bits per heavy atom. The third-order valence-corrected chi connectivity index (χ3v) is 6.20. The fourth-order valence-corrected chi connectivity index (χ4v) is 4.32. The number of nitrogens with zero attached hydrogens (tertiary/aromatic N) is 3. The van der Waals surface area contributed by atoms with E-state index in [0.717, 1.165) is 0 Å². The minimum Gasteiger partial charge on any atom is -0.461 e. The van der Waals surface area contributed by atoms with Gasteiger partial charge in [-0.15, -0.1) is 0 Å². The number of amides is 1. The molecule has 2 N–H and O–H groups in total. The number of para-hydroxylation sites is 1. The zero-order valence-corrected chi connectivity index (χ0v) is 22.7. The van der Waals surface area contributed by atoms with Gasteiger partial charge in [-0.3, -0.25) is 4.79 Å². The summed E-state index contributed by atoms with van der Waals surface area (Å²) in [6.45, 7) is 8.01. The van der Waals surface area contributed by atoms with Crippen LogP contribution in [0.25, 0.3) is 5.69 Å². The van der Waals surface area contributed by atoms with Crippen molar-refractivity contribution in [3.8, 4) is 17.2 Å². The molecule has 1 saturated heterocycles. The Balaban J connectivity index is 1.55. The van der Waals surface area contributed by atoms with Crippen LogP contribution in [0.4, 0.5) is 10.5 Å². The number of Topliss-reactive ketones (excluding diaryl/α,β-unsaturated/α-hetero) is 1. The maximum Gasteiger partial charge on any atom is 0.410 e. The van der Waals surface area contributed by atoms with Crippen LogP contribution >= 0.6 is 0 Å². The second-order valence-electron chi connectivity index (χ2n) is 10.3. The summed E-state index contributed by atoms with van der Waals surface area (Å²) in [5.41, 5.74) is 6.24. The van der Waals surface area contributed by atoms with Gasteiger partial charge in [-0.1, -0.05) is 18.2 Å². The average molecular weight is 535 g/mol. The quantitative estimate of drug-likeness (QED) is 0.322. The lowest BCUT2D eigenvalue weighted by Crippen LogP contribution is -2.43. The van der Waals surface area contributed by atoms with Gasteiger partial charge in [0.1, 0.15) is 17.1 Å². The maximum atomic E-state index is 13.5. The molecule has 0 radical (unpaired) electrons. The van der Waals surface area contributed by atoms with E-state index < -0.39 is 23.6 Å². The van der Waals surface area contributed by atoms with Gasteiger partial charge < -0.3 is 24.8 Å². The number of hydrogen-bond acceptors (Lipinski definition) is 8. The zero-order valence-electron chi connectivity index (χ0n) is 22.7. The maximum absolute atomic E-state index is 13.5. The molecule has 1 aromatic heterocycles. The van der Waals surface area contributed by atoms with Crippen LogP contribution in [0.1, 0.15) is 61.5 Å². The van der Waals surface area contributed by atoms with Gasteiger partial charge in [0, 0.05) is 19.0 Å². The van der Waals surface area contributed by atoms with E-state index in [1.807, 2.05) is 51.1 Å². The second kappa shape index (κ2) is 11.6. The molecule has 10 nitrogen and oxygen atoms in total. The predicted octanol–water partition coefficient (Wildman–Crippen LogP) is 5.25. The fourth-order valence-electron chi connectivity index (χ4n) is 4.32. The minimum absolute atomic E-state index is 0.0110. The molecule has 0 bridgehead atoms. The number of ketones is 1. The van der Waals surface area contributed by atoms with E-state index >= 15 is 0 Å². The smallest absolute Gasteiger partial charge is 0.410 e. The highest BCUT2D eigenvalue weighted by Crippen LogP contribution is 2.30. The van der Waals surface area contributed by atoms with Gasteiger partial charge in [-0.25, -0.2) is 14.3 Å². The second-order valence-corrected chi connectivity index (χ2v) is 10.3. The van der Waals surface area contributed by atoms with Gasteiger partial charge in [0.05, 0.1) is 18.0 Å². The number of nitrogens with two attached hydrogens (primary N) is 1. The third kappa shape index (κ3) is 6.57. The normalized spacial score (nSPS) is 14.1. The minimum atomic E-state index is -0.675. The summed E-state index contributed by atoms with van der Waals surface area (Å²) in [6.07, 6.45) is 0.469. The molecule has 1 aliphatic heterocycles. The van der Waals surface area contributed by atoms with Crippen LogP contribution in [-0.2, 0) is 9.47 Å². The number of ether oxygens (including phenoxy) is 3. The van der Waals surface area contributed by atoms with Crippen molar-refractivity contribution in [2.75, 3.05) is 25.4 Å². The molecule has 1 aliphatic rings. The molecule has 0 aliphatic carbocycles. The number of benzene rings is 2. The Kier molecular flexibility index (Phi) is 8.23. The third-order valence-electron chi connectivity index (χ3n) is 6.20. The first-order valence-corrected chi connectivity index (χ1v) is 13.0. The molecular weight excluding hydrogens is 500 g/mol. The number of carbonyl (C=O) groups is 3. The van der Waals surface area contributed by atoms with Gasteiger partial charge in [0.25, 0.3) is 0 Å². The molecule has 1 fully saturated rings. The summed E-state index contributed by atoms with van der Waals surface area (Å²) in [7, 11) is 0. The molecule has 39 heavy (non-hydrogen) atoms. The van der Waals surface area contributed by atoms with Crippen molar-refractivity contribution in [2.24, 2.45) is 5.92 Å². The highest BCUT2D eigenvalue weighted by Gasteiger charge is 2.34. The van der Waals surface area contributed by atoms with Crippen LogP contribution < -0.4 is 10.5 Å². The molecule has 2 aromatic carbocycles. The lowest BCUT2D eigenvalue weighted by Gasteiger charge is -2.32. The Morgan fingerprint density at radius 3 is 2.18 bits per heavy atom. The molecule has 206 valence electrons. The van der Waals surface area contributed by atoms with Crippen molar-refractivity contribution in [1.29, 1.82) is 0 Å². The summed E-state index contributed by atoms with van der Waals surface area (Å²) in [4.78, 5) is 40.4. The van der Waals surface area contributed by atoms with E-state index in [1.54, 1.807) is 36.1 Å². The zero-order chi connectivity index (χ0) is 28.2. The summed E-state index contributed by atoms with van der Waals surface area (Å²) in [6, 6.07) is 16.3. The van der Waals surface area contributed by atoms with Crippen molar-refractivity contribution in [3.63, 3.8) is 0 Å². The molecule has 4 rings (SSSR count). The van der Waals surface area contributed by atoms with Gasteiger partial charge in [0.2, 0.25) is 0 Å². The van der Waals surface area contributed by atoms with Crippen LogP contribution in [-0.4, -0.2) is 57.8 Å². The standard InChI is InChI=1S/C29H34N4O6/c1-5-37-27(35)25-23(30)24(26(34)19-15-17-32(18-16-19)28(36)39-29(2,3)4)31-33(25)20-11-13-22(14-12-20)38-21-9-7-6-8-10-21/h6-14,19H,5,15-18,30H2,1-4H3.